The maximum atomic E-state index is 12.6. The van der Waals surface area contributed by atoms with E-state index in [0.717, 1.165) is 11.9 Å². The minimum atomic E-state index is -0.0932. The van der Waals surface area contributed by atoms with Crippen LogP contribution < -0.4 is 5.69 Å². The Labute approximate surface area is 137 Å². The molecule has 4 rings (SSSR count). The van der Waals surface area contributed by atoms with Crippen LogP contribution in [-0.4, -0.2) is 47.8 Å². The van der Waals surface area contributed by atoms with Gasteiger partial charge in [-0.3, -0.25) is 18.6 Å². The number of likely N-dealkylation sites (tertiary alicyclic amines) is 1. The van der Waals surface area contributed by atoms with Crippen molar-refractivity contribution in [1.82, 2.24) is 28.8 Å². The Bertz CT molecular complexity index is 982. The monoisotopic (exact) mass is 326 g/mol. The van der Waals surface area contributed by atoms with Gasteiger partial charge in [0.2, 0.25) is 0 Å². The number of rotatable bonds is 2. The van der Waals surface area contributed by atoms with E-state index in [1.807, 2.05) is 12.1 Å². The number of aryl methyl sites for hydroxylation is 2. The molecule has 4 heterocycles. The summed E-state index contributed by atoms with van der Waals surface area (Å²) < 4.78 is 4.93. The summed E-state index contributed by atoms with van der Waals surface area (Å²) in [6.07, 6.45) is 5.70. The van der Waals surface area contributed by atoms with Crippen LogP contribution in [0.3, 0.4) is 0 Å². The van der Waals surface area contributed by atoms with E-state index in [9.17, 15) is 9.59 Å². The predicted octanol–water partition coefficient (Wildman–Crippen LogP) is 0.556. The van der Waals surface area contributed by atoms with Gasteiger partial charge in [-0.15, -0.1) is 0 Å². The van der Waals surface area contributed by atoms with Crippen molar-refractivity contribution in [3.63, 3.8) is 0 Å². The van der Waals surface area contributed by atoms with E-state index >= 15 is 0 Å². The number of pyridine rings is 1. The molecule has 1 atom stereocenters. The quantitative estimate of drug-likeness (QED) is 0.689. The highest BCUT2D eigenvalue weighted by Gasteiger charge is 2.31. The van der Waals surface area contributed by atoms with Gasteiger partial charge in [0.25, 0.3) is 5.91 Å². The molecule has 1 saturated heterocycles. The third-order valence-corrected chi connectivity index (χ3v) is 4.62. The van der Waals surface area contributed by atoms with Gasteiger partial charge in [-0.25, -0.2) is 9.78 Å². The molecule has 24 heavy (non-hydrogen) atoms. The number of hydrogen-bond acceptors (Lipinski definition) is 4. The molecular weight excluding hydrogens is 308 g/mol. The zero-order valence-electron chi connectivity index (χ0n) is 13.6. The van der Waals surface area contributed by atoms with E-state index in [4.69, 9.17) is 0 Å². The summed E-state index contributed by atoms with van der Waals surface area (Å²) in [5, 5.41) is 4.05. The molecule has 0 unspecified atom stereocenters. The van der Waals surface area contributed by atoms with E-state index in [-0.39, 0.29) is 17.6 Å². The van der Waals surface area contributed by atoms with Crippen molar-refractivity contribution in [3.8, 4) is 0 Å². The maximum absolute atomic E-state index is 12.6. The molecule has 0 aromatic carbocycles. The molecule has 0 N–H and O–H groups in total. The zero-order chi connectivity index (χ0) is 16.8. The lowest BCUT2D eigenvalue weighted by atomic mass is 10.2. The summed E-state index contributed by atoms with van der Waals surface area (Å²) in [5.41, 5.74) is 1.95. The number of carbonyl (C=O) groups is 1. The molecule has 3 aromatic heterocycles. The highest BCUT2D eigenvalue weighted by atomic mass is 16.2. The van der Waals surface area contributed by atoms with Crippen molar-refractivity contribution in [2.75, 3.05) is 13.1 Å². The van der Waals surface area contributed by atoms with Gasteiger partial charge in [-0.05, 0) is 18.6 Å². The molecule has 1 aliphatic heterocycles. The average Bonchev–Trinajstić information content (AvgIpc) is 3.28. The normalized spacial score (nSPS) is 17.8. The van der Waals surface area contributed by atoms with Crippen LogP contribution in [0.4, 0.5) is 0 Å². The summed E-state index contributed by atoms with van der Waals surface area (Å²) in [6, 6.07) is 3.64. The second kappa shape index (κ2) is 5.33. The first kappa shape index (κ1) is 14.7. The molecule has 0 aliphatic carbocycles. The van der Waals surface area contributed by atoms with Crippen LogP contribution in [0.1, 0.15) is 22.8 Å². The van der Waals surface area contributed by atoms with Gasteiger partial charge in [0.15, 0.2) is 5.65 Å². The van der Waals surface area contributed by atoms with Crippen molar-refractivity contribution in [2.24, 2.45) is 14.1 Å². The van der Waals surface area contributed by atoms with Gasteiger partial charge in [0.1, 0.15) is 0 Å². The molecule has 0 saturated carbocycles. The third-order valence-electron chi connectivity index (χ3n) is 4.62. The van der Waals surface area contributed by atoms with Crippen LogP contribution >= 0.6 is 0 Å². The molecule has 1 fully saturated rings. The third kappa shape index (κ3) is 2.14. The van der Waals surface area contributed by atoms with Gasteiger partial charge in [0.05, 0.1) is 23.3 Å². The summed E-state index contributed by atoms with van der Waals surface area (Å²) >= 11 is 0. The number of nitrogens with zero attached hydrogens (tertiary/aromatic N) is 6. The fourth-order valence-electron chi connectivity index (χ4n) is 3.37. The predicted molar refractivity (Wildman–Crippen MR) is 87.7 cm³/mol. The second-order valence-corrected chi connectivity index (χ2v) is 6.15. The fraction of sp³-hybridized carbons (Fsp3) is 0.375. The van der Waals surface area contributed by atoms with E-state index in [0.29, 0.717) is 24.3 Å². The molecular formula is C16H18N6O2. The molecule has 8 nitrogen and oxygen atoms in total. The number of imidazole rings is 1. The van der Waals surface area contributed by atoms with Gasteiger partial charge < -0.3 is 4.90 Å². The molecule has 0 bridgehead atoms. The van der Waals surface area contributed by atoms with Gasteiger partial charge >= 0.3 is 5.69 Å². The standard InChI is InChI=1S/C16H18N6O2/c1-19-9-11(8-18-19)15(23)21-7-5-12(10-21)22-14-13(4-3-6-17-14)20(2)16(22)24/h3-4,6,8-9,12H,5,7,10H2,1-2H3/t12-/m1/s1. The van der Waals surface area contributed by atoms with Crippen LogP contribution in [-0.2, 0) is 14.1 Å². The van der Waals surface area contributed by atoms with Crippen LogP contribution in [0.5, 0.6) is 0 Å². The zero-order valence-corrected chi connectivity index (χ0v) is 13.6. The van der Waals surface area contributed by atoms with Gasteiger partial charge in [0, 0.05) is 39.6 Å². The molecule has 3 aromatic rings. The number of fused-ring (bicyclic) bond motifs is 1. The second-order valence-electron chi connectivity index (χ2n) is 6.15. The topological polar surface area (TPSA) is 78.0 Å². The van der Waals surface area contributed by atoms with E-state index in [1.54, 1.807) is 51.4 Å². The Morgan fingerprint density at radius 1 is 1.33 bits per heavy atom. The summed E-state index contributed by atoms with van der Waals surface area (Å²) in [7, 11) is 3.53. The van der Waals surface area contributed by atoms with Crippen molar-refractivity contribution in [1.29, 1.82) is 0 Å². The largest absolute Gasteiger partial charge is 0.336 e. The maximum Gasteiger partial charge on any atom is 0.330 e. The van der Waals surface area contributed by atoms with Crippen LogP contribution in [0.25, 0.3) is 11.2 Å². The van der Waals surface area contributed by atoms with Crippen molar-refractivity contribution >= 4 is 17.1 Å². The Hall–Kier alpha value is -2.90. The Morgan fingerprint density at radius 3 is 2.92 bits per heavy atom. The van der Waals surface area contributed by atoms with Gasteiger partial charge in [-0.2, -0.15) is 5.10 Å². The summed E-state index contributed by atoms with van der Waals surface area (Å²) in [5.74, 6) is -0.0492. The van der Waals surface area contributed by atoms with Gasteiger partial charge in [-0.1, -0.05) is 0 Å². The van der Waals surface area contributed by atoms with Crippen LogP contribution in [0.2, 0.25) is 0 Å². The Morgan fingerprint density at radius 2 is 2.17 bits per heavy atom. The van der Waals surface area contributed by atoms with Crippen LogP contribution in [0, 0.1) is 0 Å². The fourth-order valence-corrected chi connectivity index (χ4v) is 3.37. The number of aromatic nitrogens is 5. The lowest BCUT2D eigenvalue weighted by Gasteiger charge is -2.16. The van der Waals surface area contributed by atoms with Crippen molar-refractivity contribution < 1.29 is 4.79 Å². The number of amides is 1. The number of hydrogen-bond donors (Lipinski definition) is 0. The van der Waals surface area contributed by atoms with E-state index in [1.165, 1.54) is 0 Å². The molecule has 0 spiro atoms. The van der Waals surface area contributed by atoms with Crippen molar-refractivity contribution in [2.45, 2.75) is 12.5 Å². The van der Waals surface area contributed by atoms with Crippen molar-refractivity contribution in [3.05, 3.63) is 46.8 Å². The lowest BCUT2D eigenvalue weighted by Crippen LogP contribution is -2.31. The minimum absolute atomic E-state index is 0.0492. The molecule has 0 radical (unpaired) electrons. The Kier molecular flexibility index (Phi) is 3.26. The van der Waals surface area contributed by atoms with E-state index < -0.39 is 0 Å². The molecule has 8 heteroatoms. The lowest BCUT2D eigenvalue weighted by molar-refractivity contribution is 0.0787. The highest BCUT2D eigenvalue weighted by Crippen LogP contribution is 2.25. The molecule has 1 aliphatic rings. The smallest absolute Gasteiger partial charge is 0.330 e. The SMILES string of the molecule is Cn1cc(C(=O)N2CC[C@@H](n3c(=O)n(C)c4cccnc43)C2)cn1. The summed E-state index contributed by atoms with van der Waals surface area (Å²) in [6.45, 7) is 1.12. The summed E-state index contributed by atoms with van der Waals surface area (Å²) in [4.78, 5) is 31.3. The minimum Gasteiger partial charge on any atom is -0.336 e. The molecule has 124 valence electrons. The number of carbonyl (C=O) groups excluding carboxylic acids is 1. The molecule has 1 amide bonds. The first-order chi connectivity index (χ1) is 11.6. The highest BCUT2D eigenvalue weighted by molar-refractivity contribution is 5.94. The van der Waals surface area contributed by atoms with E-state index in [2.05, 4.69) is 10.1 Å². The average molecular weight is 326 g/mol. The Balaban J connectivity index is 1.65. The first-order valence-corrected chi connectivity index (χ1v) is 7.86. The first-order valence-electron chi connectivity index (χ1n) is 7.86. The van der Waals surface area contributed by atoms with Crippen LogP contribution in [0.15, 0.2) is 35.5 Å².